The average molecular weight is 397 g/mol. The quantitative estimate of drug-likeness (QED) is 0.500. The fraction of sp³-hybridized carbons (Fsp3) is 0.167. The lowest BCUT2D eigenvalue weighted by Gasteiger charge is -2.18. The monoisotopic (exact) mass is 397 g/mol. The molecule has 1 amide bonds. The van der Waals surface area contributed by atoms with Crippen molar-refractivity contribution in [3.8, 4) is 11.4 Å². The number of carbonyl (C=O) groups is 1. The van der Waals surface area contributed by atoms with Gasteiger partial charge in [0.2, 0.25) is 0 Å². The topological polar surface area (TPSA) is 71.0 Å². The predicted molar refractivity (Wildman–Crippen MR) is 120 cm³/mol. The Morgan fingerprint density at radius 3 is 2.40 bits per heavy atom. The number of amides is 1. The third-order valence-corrected chi connectivity index (χ3v) is 4.97. The Bertz CT molecular complexity index is 1160. The van der Waals surface area contributed by atoms with Crippen molar-refractivity contribution in [2.24, 2.45) is 0 Å². The first-order valence-electron chi connectivity index (χ1n) is 10.0. The number of benzene rings is 2. The van der Waals surface area contributed by atoms with Gasteiger partial charge < -0.3 is 10.2 Å². The van der Waals surface area contributed by atoms with Crippen molar-refractivity contribution in [3.05, 3.63) is 78.6 Å². The van der Waals surface area contributed by atoms with E-state index in [1.54, 1.807) is 17.3 Å². The van der Waals surface area contributed by atoms with E-state index in [-0.39, 0.29) is 5.91 Å². The average Bonchev–Trinajstić information content (AvgIpc) is 2.81. The lowest BCUT2D eigenvalue weighted by Crippen LogP contribution is -2.30. The van der Waals surface area contributed by atoms with E-state index in [4.69, 9.17) is 4.98 Å². The molecular formula is C24H23N5O. The lowest BCUT2D eigenvalue weighted by molar-refractivity contribution is 0.0773. The van der Waals surface area contributed by atoms with Crippen molar-refractivity contribution in [2.75, 3.05) is 18.4 Å². The molecule has 0 fully saturated rings. The Hall–Kier alpha value is -3.80. The summed E-state index contributed by atoms with van der Waals surface area (Å²) in [6.45, 7) is 5.35. The molecule has 30 heavy (non-hydrogen) atoms. The SMILES string of the molecule is CCN(CC)C(=O)c1ccc(Nc2nc(-c3cccnc3)nc3ccccc23)cc1. The summed E-state index contributed by atoms with van der Waals surface area (Å²) in [4.78, 5) is 27.9. The van der Waals surface area contributed by atoms with E-state index in [0.29, 0.717) is 30.3 Å². The molecule has 0 saturated carbocycles. The largest absolute Gasteiger partial charge is 0.340 e. The van der Waals surface area contributed by atoms with Crippen LogP contribution >= 0.6 is 0 Å². The van der Waals surface area contributed by atoms with Gasteiger partial charge in [-0.05, 0) is 62.4 Å². The van der Waals surface area contributed by atoms with Gasteiger partial charge in [-0.1, -0.05) is 12.1 Å². The van der Waals surface area contributed by atoms with Gasteiger partial charge in [0, 0.05) is 47.7 Å². The highest BCUT2D eigenvalue weighted by atomic mass is 16.2. The minimum atomic E-state index is 0.0397. The molecule has 2 heterocycles. The van der Waals surface area contributed by atoms with Gasteiger partial charge in [0.15, 0.2) is 5.82 Å². The van der Waals surface area contributed by atoms with E-state index in [2.05, 4.69) is 15.3 Å². The Morgan fingerprint density at radius 2 is 1.70 bits per heavy atom. The molecule has 2 aromatic carbocycles. The molecule has 0 unspecified atom stereocenters. The molecule has 4 rings (SSSR count). The molecule has 0 aliphatic heterocycles. The zero-order valence-electron chi connectivity index (χ0n) is 17.0. The Balaban J connectivity index is 1.67. The van der Waals surface area contributed by atoms with Gasteiger partial charge in [0.25, 0.3) is 5.91 Å². The van der Waals surface area contributed by atoms with Gasteiger partial charge in [0.1, 0.15) is 5.82 Å². The van der Waals surface area contributed by atoms with Crippen LogP contribution in [-0.4, -0.2) is 38.8 Å². The normalized spacial score (nSPS) is 10.7. The molecule has 0 radical (unpaired) electrons. The minimum absolute atomic E-state index is 0.0397. The maximum absolute atomic E-state index is 12.5. The molecule has 0 aliphatic carbocycles. The zero-order valence-corrected chi connectivity index (χ0v) is 17.0. The number of hydrogen-bond acceptors (Lipinski definition) is 5. The van der Waals surface area contributed by atoms with E-state index in [1.807, 2.05) is 74.5 Å². The van der Waals surface area contributed by atoms with Crippen molar-refractivity contribution >= 4 is 28.3 Å². The molecule has 2 aromatic heterocycles. The third kappa shape index (κ3) is 3.98. The summed E-state index contributed by atoms with van der Waals surface area (Å²) >= 11 is 0. The molecule has 0 bridgehead atoms. The van der Waals surface area contributed by atoms with Crippen LogP contribution in [0.5, 0.6) is 0 Å². The van der Waals surface area contributed by atoms with Crippen LogP contribution in [0.15, 0.2) is 73.1 Å². The first-order valence-corrected chi connectivity index (χ1v) is 10.0. The highest BCUT2D eigenvalue weighted by Gasteiger charge is 2.13. The number of pyridine rings is 1. The summed E-state index contributed by atoms with van der Waals surface area (Å²) in [6.07, 6.45) is 3.48. The maximum Gasteiger partial charge on any atom is 0.253 e. The number of fused-ring (bicyclic) bond motifs is 1. The number of rotatable bonds is 6. The van der Waals surface area contributed by atoms with Crippen LogP contribution in [0, 0.1) is 0 Å². The second-order valence-corrected chi connectivity index (χ2v) is 6.83. The minimum Gasteiger partial charge on any atom is -0.340 e. The fourth-order valence-corrected chi connectivity index (χ4v) is 3.32. The van der Waals surface area contributed by atoms with Gasteiger partial charge in [-0.15, -0.1) is 0 Å². The van der Waals surface area contributed by atoms with Crippen molar-refractivity contribution in [2.45, 2.75) is 13.8 Å². The smallest absolute Gasteiger partial charge is 0.253 e. The standard InChI is InChI=1S/C24H23N5O/c1-3-29(4-2)24(30)17-11-13-19(14-12-17)26-23-20-9-5-6-10-21(20)27-22(28-23)18-8-7-15-25-16-18/h5-16H,3-4H2,1-2H3,(H,26,27,28). The van der Waals surface area contributed by atoms with E-state index in [1.165, 1.54) is 0 Å². The summed E-state index contributed by atoms with van der Waals surface area (Å²) in [6, 6.07) is 19.2. The van der Waals surface area contributed by atoms with Crippen LogP contribution in [-0.2, 0) is 0 Å². The number of hydrogen-bond donors (Lipinski definition) is 1. The van der Waals surface area contributed by atoms with Crippen LogP contribution in [0.2, 0.25) is 0 Å². The van der Waals surface area contributed by atoms with Crippen LogP contribution in [0.1, 0.15) is 24.2 Å². The number of carbonyl (C=O) groups excluding carboxylic acids is 1. The summed E-state index contributed by atoms with van der Waals surface area (Å²) in [7, 11) is 0. The molecule has 0 aliphatic rings. The maximum atomic E-state index is 12.5. The van der Waals surface area contributed by atoms with Crippen molar-refractivity contribution < 1.29 is 4.79 Å². The van der Waals surface area contributed by atoms with E-state index < -0.39 is 0 Å². The highest BCUT2D eigenvalue weighted by molar-refractivity contribution is 5.95. The molecule has 0 atom stereocenters. The number of nitrogens with zero attached hydrogens (tertiary/aromatic N) is 4. The molecule has 150 valence electrons. The van der Waals surface area contributed by atoms with Gasteiger partial charge >= 0.3 is 0 Å². The molecule has 6 heteroatoms. The summed E-state index contributed by atoms with van der Waals surface area (Å²) in [5, 5.41) is 4.31. The summed E-state index contributed by atoms with van der Waals surface area (Å²) < 4.78 is 0. The second-order valence-electron chi connectivity index (χ2n) is 6.83. The molecular weight excluding hydrogens is 374 g/mol. The van der Waals surface area contributed by atoms with Crippen molar-refractivity contribution in [1.29, 1.82) is 0 Å². The number of aromatic nitrogens is 3. The zero-order chi connectivity index (χ0) is 20.9. The molecule has 0 spiro atoms. The molecule has 1 N–H and O–H groups in total. The molecule has 4 aromatic rings. The van der Waals surface area contributed by atoms with Crippen LogP contribution < -0.4 is 5.32 Å². The summed E-state index contributed by atoms with van der Waals surface area (Å²) in [5.41, 5.74) is 3.23. The predicted octanol–water partition coefficient (Wildman–Crippen LogP) is 4.92. The van der Waals surface area contributed by atoms with Crippen molar-refractivity contribution in [1.82, 2.24) is 19.9 Å². The molecule has 6 nitrogen and oxygen atoms in total. The van der Waals surface area contributed by atoms with E-state index >= 15 is 0 Å². The first kappa shape index (κ1) is 19.5. The number of nitrogens with one attached hydrogen (secondary N) is 1. The number of anilines is 2. The first-order chi connectivity index (χ1) is 14.7. The van der Waals surface area contributed by atoms with Gasteiger partial charge in [-0.2, -0.15) is 0 Å². The van der Waals surface area contributed by atoms with Gasteiger partial charge in [-0.25, -0.2) is 9.97 Å². The fourth-order valence-electron chi connectivity index (χ4n) is 3.32. The van der Waals surface area contributed by atoms with Crippen molar-refractivity contribution in [3.63, 3.8) is 0 Å². The summed E-state index contributed by atoms with van der Waals surface area (Å²) in [5.74, 6) is 1.36. The number of para-hydroxylation sites is 1. The van der Waals surface area contributed by atoms with Gasteiger partial charge in [-0.3, -0.25) is 9.78 Å². The Morgan fingerprint density at radius 1 is 0.933 bits per heavy atom. The van der Waals surface area contributed by atoms with E-state index in [0.717, 1.165) is 22.2 Å². The van der Waals surface area contributed by atoms with Crippen LogP contribution in [0.25, 0.3) is 22.3 Å². The Kier molecular flexibility index (Phi) is 5.66. The van der Waals surface area contributed by atoms with Crippen LogP contribution in [0.4, 0.5) is 11.5 Å². The molecule has 0 saturated heterocycles. The highest BCUT2D eigenvalue weighted by Crippen LogP contribution is 2.27. The van der Waals surface area contributed by atoms with Crippen LogP contribution in [0.3, 0.4) is 0 Å². The second kappa shape index (κ2) is 8.69. The van der Waals surface area contributed by atoms with Gasteiger partial charge in [0.05, 0.1) is 5.52 Å². The lowest BCUT2D eigenvalue weighted by atomic mass is 10.1. The Labute approximate surface area is 175 Å². The van der Waals surface area contributed by atoms with E-state index in [9.17, 15) is 4.79 Å². The third-order valence-electron chi connectivity index (χ3n) is 4.97.